The second-order valence-corrected chi connectivity index (χ2v) is 7.73. The molecule has 1 aromatic heterocycles. The Kier molecular flexibility index (Phi) is 8.75. The van der Waals surface area contributed by atoms with Crippen molar-refractivity contribution in [2.24, 2.45) is 5.92 Å². The number of benzene rings is 1. The first kappa shape index (κ1) is 22.8. The van der Waals surface area contributed by atoms with Gasteiger partial charge in [0, 0.05) is 37.4 Å². The van der Waals surface area contributed by atoms with Crippen LogP contribution in [0.5, 0.6) is 17.4 Å². The van der Waals surface area contributed by atoms with E-state index in [0.717, 1.165) is 37.8 Å². The number of hydrogen-bond acceptors (Lipinski definition) is 6. The smallest absolute Gasteiger partial charge is 0.219 e. The van der Waals surface area contributed by atoms with Crippen LogP contribution in [0, 0.1) is 5.92 Å². The minimum Gasteiger partial charge on any atom is -0.494 e. The molecule has 4 rings (SSSR count). The highest BCUT2D eigenvalue weighted by Crippen LogP contribution is 2.30. The summed E-state index contributed by atoms with van der Waals surface area (Å²) in [5, 5.41) is 7.40. The molecule has 1 saturated carbocycles. The van der Waals surface area contributed by atoms with Gasteiger partial charge < -0.3 is 24.8 Å². The van der Waals surface area contributed by atoms with Gasteiger partial charge in [-0.2, -0.15) is 0 Å². The molecule has 0 radical (unpaired) electrons. The van der Waals surface area contributed by atoms with Crippen LogP contribution in [0.1, 0.15) is 31.7 Å². The van der Waals surface area contributed by atoms with E-state index in [-0.39, 0.29) is 12.4 Å². The lowest BCUT2D eigenvalue weighted by atomic mass is 9.94. The van der Waals surface area contributed by atoms with Gasteiger partial charge in [-0.25, -0.2) is 4.98 Å². The number of morpholine rings is 1. The Balaban J connectivity index is 0.00000256. The molecule has 1 saturated heterocycles. The van der Waals surface area contributed by atoms with Gasteiger partial charge >= 0.3 is 0 Å². The lowest BCUT2D eigenvalue weighted by molar-refractivity contribution is 0.0524. The maximum absolute atomic E-state index is 5.92. The van der Waals surface area contributed by atoms with Gasteiger partial charge in [0.1, 0.15) is 11.5 Å². The minimum absolute atomic E-state index is 0. The van der Waals surface area contributed by atoms with Crippen molar-refractivity contribution in [1.82, 2.24) is 15.6 Å². The summed E-state index contributed by atoms with van der Waals surface area (Å²) >= 11 is 0. The number of pyridine rings is 1. The van der Waals surface area contributed by atoms with Crippen LogP contribution in [0.3, 0.4) is 0 Å². The Morgan fingerprint density at radius 2 is 2.00 bits per heavy atom. The summed E-state index contributed by atoms with van der Waals surface area (Å²) in [5.74, 6) is 2.84. The van der Waals surface area contributed by atoms with E-state index in [4.69, 9.17) is 14.2 Å². The molecular formula is C23H32ClN3O3. The predicted molar refractivity (Wildman–Crippen MR) is 120 cm³/mol. The number of nitrogens with one attached hydrogen (secondary N) is 2. The van der Waals surface area contributed by atoms with Gasteiger partial charge in [0.25, 0.3) is 0 Å². The summed E-state index contributed by atoms with van der Waals surface area (Å²) in [6.45, 7) is 6.07. The molecule has 6 nitrogen and oxygen atoms in total. The van der Waals surface area contributed by atoms with Crippen molar-refractivity contribution in [1.29, 1.82) is 0 Å². The monoisotopic (exact) mass is 433 g/mol. The van der Waals surface area contributed by atoms with Crippen molar-refractivity contribution in [2.45, 2.75) is 44.8 Å². The van der Waals surface area contributed by atoms with Crippen LogP contribution in [0.4, 0.5) is 0 Å². The fraction of sp³-hybridized carbons (Fsp3) is 0.522. The fourth-order valence-corrected chi connectivity index (χ4v) is 4.34. The van der Waals surface area contributed by atoms with Gasteiger partial charge in [-0.1, -0.05) is 6.42 Å². The Labute approximate surface area is 185 Å². The van der Waals surface area contributed by atoms with Crippen LogP contribution < -0.4 is 20.1 Å². The Morgan fingerprint density at radius 3 is 2.77 bits per heavy atom. The van der Waals surface area contributed by atoms with Gasteiger partial charge in [0.05, 0.1) is 19.8 Å². The van der Waals surface area contributed by atoms with E-state index in [1.807, 2.05) is 49.5 Å². The van der Waals surface area contributed by atoms with E-state index in [9.17, 15) is 0 Å². The molecule has 1 aliphatic heterocycles. The largest absolute Gasteiger partial charge is 0.494 e. The molecule has 2 heterocycles. The molecule has 30 heavy (non-hydrogen) atoms. The summed E-state index contributed by atoms with van der Waals surface area (Å²) in [6, 6.07) is 12.7. The van der Waals surface area contributed by atoms with E-state index >= 15 is 0 Å². The van der Waals surface area contributed by atoms with Crippen LogP contribution in [0.25, 0.3) is 0 Å². The minimum atomic E-state index is 0. The molecule has 3 unspecified atom stereocenters. The fourth-order valence-electron chi connectivity index (χ4n) is 4.34. The Morgan fingerprint density at radius 1 is 1.17 bits per heavy atom. The predicted octanol–water partition coefficient (Wildman–Crippen LogP) is 3.94. The summed E-state index contributed by atoms with van der Waals surface area (Å²) in [4.78, 5) is 4.35. The average Bonchev–Trinajstić information content (AvgIpc) is 3.24. The average molecular weight is 434 g/mol. The normalized spacial score (nSPS) is 23.6. The molecule has 3 atom stereocenters. The third-order valence-electron chi connectivity index (χ3n) is 5.76. The summed E-state index contributed by atoms with van der Waals surface area (Å²) in [6.07, 6.45) is 5.58. The van der Waals surface area contributed by atoms with E-state index in [1.54, 1.807) is 0 Å². The second kappa shape index (κ2) is 11.5. The number of rotatable bonds is 8. The standard InChI is InChI=1S/C23H31N3O3.ClH/c1-2-28-18-6-8-19(9-7-18)29-23-14-17(10-11-25-23)15-26-21-5-3-4-20(21)22-16-27-13-12-24-22;/h6-11,14,20-22,24,26H,2-5,12-13,15-16H2,1H3;1H. The molecule has 0 amide bonds. The second-order valence-electron chi connectivity index (χ2n) is 7.73. The van der Waals surface area contributed by atoms with Crippen molar-refractivity contribution in [3.05, 3.63) is 48.2 Å². The van der Waals surface area contributed by atoms with E-state index in [1.165, 1.54) is 24.8 Å². The first-order chi connectivity index (χ1) is 14.3. The number of ether oxygens (including phenoxy) is 3. The van der Waals surface area contributed by atoms with Gasteiger partial charge in [-0.3, -0.25) is 0 Å². The summed E-state index contributed by atoms with van der Waals surface area (Å²) < 4.78 is 17.1. The SMILES string of the molecule is CCOc1ccc(Oc2cc(CNC3CCCC3C3COCCN3)ccn2)cc1.Cl. The third kappa shape index (κ3) is 6.08. The van der Waals surface area contributed by atoms with Crippen molar-refractivity contribution in [3.8, 4) is 17.4 Å². The van der Waals surface area contributed by atoms with Gasteiger partial charge in [0.2, 0.25) is 5.88 Å². The third-order valence-corrected chi connectivity index (χ3v) is 5.76. The highest BCUT2D eigenvalue weighted by molar-refractivity contribution is 5.85. The Bertz CT molecular complexity index is 769. The van der Waals surface area contributed by atoms with Crippen LogP contribution in [-0.2, 0) is 11.3 Å². The number of nitrogens with zero attached hydrogens (tertiary/aromatic N) is 1. The van der Waals surface area contributed by atoms with Crippen molar-refractivity contribution in [3.63, 3.8) is 0 Å². The highest BCUT2D eigenvalue weighted by Gasteiger charge is 2.34. The topological polar surface area (TPSA) is 64.6 Å². The van der Waals surface area contributed by atoms with Gasteiger partial charge in [-0.05, 0) is 61.6 Å². The van der Waals surface area contributed by atoms with Crippen molar-refractivity contribution < 1.29 is 14.2 Å². The molecule has 0 bridgehead atoms. The number of hydrogen-bond donors (Lipinski definition) is 2. The van der Waals surface area contributed by atoms with Gasteiger partial charge in [0.15, 0.2) is 0 Å². The van der Waals surface area contributed by atoms with Crippen molar-refractivity contribution >= 4 is 12.4 Å². The molecular weight excluding hydrogens is 402 g/mol. The molecule has 1 aliphatic carbocycles. The van der Waals surface area contributed by atoms with E-state index < -0.39 is 0 Å². The zero-order chi connectivity index (χ0) is 19.9. The van der Waals surface area contributed by atoms with Crippen LogP contribution in [0.2, 0.25) is 0 Å². The first-order valence-electron chi connectivity index (χ1n) is 10.7. The molecule has 1 aromatic carbocycles. The van der Waals surface area contributed by atoms with Crippen LogP contribution in [0.15, 0.2) is 42.6 Å². The van der Waals surface area contributed by atoms with Crippen molar-refractivity contribution in [2.75, 3.05) is 26.4 Å². The van der Waals surface area contributed by atoms with E-state index in [0.29, 0.717) is 30.5 Å². The first-order valence-corrected chi connectivity index (χ1v) is 10.7. The molecule has 164 valence electrons. The van der Waals surface area contributed by atoms with Gasteiger partial charge in [-0.15, -0.1) is 12.4 Å². The van der Waals surface area contributed by atoms with Crippen LogP contribution in [-0.4, -0.2) is 43.4 Å². The van der Waals surface area contributed by atoms with Crippen LogP contribution >= 0.6 is 12.4 Å². The molecule has 7 heteroatoms. The molecule has 2 aliphatic rings. The summed E-state index contributed by atoms with van der Waals surface area (Å²) in [5.41, 5.74) is 1.18. The summed E-state index contributed by atoms with van der Waals surface area (Å²) in [7, 11) is 0. The Hall–Kier alpha value is -1.86. The lowest BCUT2D eigenvalue weighted by Gasteiger charge is -2.33. The molecule has 0 spiro atoms. The zero-order valence-corrected chi connectivity index (χ0v) is 18.3. The molecule has 2 N–H and O–H groups in total. The van der Waals surface area contributed by atoms with E-state index in [2.05, 4.69) is 15.6 Å². The lowest BCUT2D eigenvalue weighted by Crippen LogP contribution is -2.50. The zero-order valence-electron chi connectivity index (χ0n) is 17.5. The quantitative estimate of drug-likeness (QED) is 0.657. The number of halogens is 1. The highest BCUT2D eigenvalue weighted by atomic mass is 35.5. The molecule has 2 fully saturated rings. The maximum atomic E-state index is 5.92. The maximum Gasteiger partial charge on any atom is 0.219 e. The number of aromatic nitrogens is 1. The molecule has 2 aromatic rings.